The molecule has 1 aliphatic heterocycles. The highest BCUT2D eigenvalue weighted by molar-refractivity contribution is 5.94. The third-order valence-corrected chi connectivity index (χ3v) is 4.56. The van der Waals surface area contributed by atoms with E-state index in [0.29, 0.717) is 23.7 Å². The Bertz CT molecular complexity index is 955. The van der Waals surface area contributed by atoms with Gasteiger partial charge in [-0.15, -0.1) is 0 Å². The molecule has 27 heavy (non-hydrogen) atoms. The van der Waals surface area contributed by atoms with Gasteiger partial charge in [-0.3, -0.25) is 9.48 Å². The minimum absolute atomic E-state index is 0.0361. The van der Waals surface area contributed by atoms with Crippen molar-refractivity contribution in [1.82, 2.24) is 24.6 Å². The molecule has 3 aromatic heterocycles. The molecular formula is C19H19FN6O. The van der Waals surface area contributed by atoms with Crippen molar-refractivity contribution in [3.63, 3.8) is 0 Å². The maximum absolute atomic E-state index is 13.0. The fourth-order valence-electron chi connectivity index (χ4n) is 3.30. The fraction of sp³-hybridized carbons (Fsp3) is 0.263. The Labute approximate surface area is 155 Å². The second-order valence-electron chi connectivity index (χ2n) is 6.49. The SMILES string of the molecule is Cn1cc(C(=O)N2CCC[C@H]2c2cccc(Nc3ccc(F)cn3)n2)cn1. The smallest absolute Gasteiger partial charge is 0.257 e. The summed E-state index contributed by atoms with van der Waals surface area (Å²) in [5.74, 6) is 0.687. The number of nitrogens with zero attached hydrogens (tertiary/aromatic N) is 5. The third-order valence-electron chi connectivity index (χ3n) is 4.56. The molecule has 4 rings (SSSR count). The first-order valence-corrected chi connectivity index (χ1v) is 8.75. The van der Waals surface area contributed by atoms with Crippen LogP contribution in [0.1, 0.15) is 34.9 Å². The lowest BCUT2D eigenvalue weighted by molar-refractivity contribution is 0.0733. The van der Waals surface area contributed by atoms with E-state index in [1.165, 1.54) is 6.07 Å². The van der Waals surface area contributed by atoms with E-state index in [1.54, 1.807) is 30.2 Å². The van der Waals surface area contributed by atoms with E-state index in [1.807, 2.05) is 23.1 Å². The number of hydrogen-bond acceptors (Lipinski definition) is 5. The summed E-state index contributed by atoms with van der Waals surface area (Å²) in [6.07, 6.45) is 6.25. The van der Waals surface area contributed by atoms with Crippen molar-refractivity contribution in [3.8, 4) is 0 Å². The summed E-state index contributed by atoms with van der Waals surface area (Å²) in [6, 6.07) is 8.43. The molecule has 1 atom stereocenters. The Kier molecular flexibility index (Phi) is 4.53. The minimum Gasteiger partial charge on any atom is -0.330 e. The number of amides is 1. The van der Waals surface area contributed by atoms with E-state index in [2.05, 4.69) is 20.4 Å². The van der Waals surface area contributed by atoms with Crippen LogP contribution in [0.5, 0.6) is 0 Å². The zero-order chi connectivity index (χ0) is 18.8. The van der Waals surface area contributed by atoms with Gasteiger partial charge in [-0.25, -0.2) is 14.4 Å². The zero-order valence-corrected chi connectivity index (χ0v) is 14.8. The first kappa shape index (κ1) is 17.1. The van der Waals surface area contributed by atoms with Crippen LogP contribution >= 0.6 is 0 Å². The molecule has 1 saturated heterocycles. The molecule has 1 aliphatic rings. The molecule has 0 aromatic carbocycles. The zero-order valence-electron chi connectivity index (χ0n) is 14.8. The second-order valence-corrected chi connectivity index (χ2v) is 6.49. The van der Waals surface area contributed by atoms with Gasteiger partial charge >= 0.3 is 0 Å². The largest absolute Gasteiger partial charge is 0.330 e. The number of aromatic nitrogens is 4. The number of anilines is 2. The highest BCUT2D eigenvalue weighted by Crippen LogP contribution is 2.32. The topological polar surface area (TPSA) is 75.9 Å². The van der Waals surface area contributed by atoms with Crippen LogP contribution in [-0.2, 0) is 7.05 Å². The van der Waals surface area contributed by atoms with E-state index in [4.69, 9.17) is 0 Å². The number of aryl methyl sites for hydroxylation is 1. The van der Waals surface area contributed by atoms with Crippen molar-refractivity contribution in [2.75, 3.05) is 11.9 Å². The molecule has 4 heterocycles. The quantitative estimate of drug-likeness (QED) is 0.768. The summed E-state index contributed by atoms with van der Waals surface area (Å²) in [5, 5.41) is 7.15. The van der Waals surface area contributed by atoms with Crippen LogP contribution in [0.25, 0.3) is 0 Å². The first-order valence-electron chi connectivity index (χ1n) is 8.75. The molecule has 3 aromatic rings. The van der Waals surface area contributed by atoms with Crippen molar-refractivity contribution < 1.29 is 9.18 Å². The molecule has 0 radical (unpaired) electrons. The second kappa shape index (κ2) is 7.14. The van der Waals surface area contributed by atoms with Gasteiger partial charge in [-0.1, -0.05) is 6.07 Å². The van der Waals surface area contributed by atoms with Gasteiger partial charge in [0.1, 0.15) is 17.5 Å². The van der Waals surface area contributed by atoms with Crippen LogP contribution in [0.4, 0.5) is 16.0 Å². The average molecular weight is 366 g/mol. The van der Waals surface area contributed by atoms with Gasteiger partial charge in [-0.2, -0.15) is 5.10 Å². The molecule has 138 valence electrons. The number of carbonyl (C=O) groups is 1. The van der Waals surface area contributed by atoms with Gasteiger partial charge in [0.2, 0.25) is 0 Å². The molecule has 0 aliphatic carbocycles. The fourth-order valence-corrected chi connectivity index (χ4v) is 3.30. The first-order chi connectivity index (χ1) is 13.1. The predicted molar refractivity (Wildman–Crippen MR) is 97.9 cm³/mol. The maximum Gasteiger partial charge on any atom is 0.257 e. The Morgan fingerprint density at radius 1 is 1.22 bits per heavy atom. The Hall–Kier alpha value is -3.29. The number of hydrogen-bond donors (Lipinski definition) is 1. The Morgan fingerprint density at radius 2 is 2.11 bits per heavy atom. The van der Waals surface area contributed by atoms with E-state index in [-0.39, 0.29) is 11.9 Å². The molecule has 0 spiro atoms. The van der Waals surface area contributed by atoms with Gasteiger partial charge in [0.05, 0.1) is 29.7 Å². The lowest BCUT2D eigenvalue weighted by Gasteiger charge is -2.24. The van der Waals surface area contributed by atoms with Crippen molar-refractivity contribution in [2.24, 2.45) is 7.05 Å². The van der Waals surface area contributed by atoms with Crippen LogP contribution in [0.15, 0.2) is 48.9 Å². The molecule has 1 amide bonds. The summed E-state index contributed by atoms with van der Waals surface area (Å²) in [4.78, 5) is 23.3. The molecular weight excluding hydrogens is 347 g/mol. The van der Waals surface area contributed by atoms with E-state index >= 15 is 0 Å². The molecule has 8 heteroatoms. The number of halogens is 1. The summed E-state index contributed by atoms with van der Waals surface area (Å²) in [5.41, 5.74) is 1.39. The van der Waals surface area contributed by atoms with Crippen LogP contribution in [-0.4, -0.2) is 37.1 Å². The predicted octanol–water partition coefficient (Wildman–Crippen LogP) is 3.07. The Morgan fingerprint density at radius 3 is 2.85 bits per heavy atom. The highest BCUT2D eigenvalue weighted by atomic mass is 19.1. The van der Waals surface area contributed by atoms with Gasteiger partial charge in [0.15, 0.2) is 0 Å². The number of likely N-dealkylation sites (tertiary alicyclic amines) is 1. The van der Waals surface area contributed by atoms with Gasteiger partial charge in [0.25, 0.3) is 5.91 Å². The van der Waals surface area contributed by atoms with Gasteiger partial charge in [-0.05, 0) is 37.1 Å². The third kappa shape index (κ3) is 3.64. The summed E-state index contributed by atoms with van der Waals surface area (Å²) in [6.45, 7) is 0.692. The van der Waals surface area contributed by atoms with E-state index < -0.39 is 5.82 Å². The summed E-state index contributed by atoms with van der Waals surface area (Å²) in [7, 11) is 1.79. The van der Waals surface area contributed by atoms with Crippen molar-refractivity contribution in [1.29, 1.82) is 0 Å². The molecule has 1 fully saturated rings. The minimum atomic E-state index is -0.391. The van der Waals surface area contributed by atoms with E-state index in [9.17, 15) is 9.18 Å². The normalized spacial score (nSPS) is 16.5. The van der Waals surface area contributed by atoms with Crippen LogP contribution in [0.3, 0.4) is 0 Å². The lowest BCUT2D eigenvalue weighted by Crippen LogP contribution is -2.30. The van der Waals surface area contributed by atoms with Gasteiger partial charge in [0, 0.05) is 19.8 Å². The van der Waals surface area contributed by atoms with Crippen LogP contribution in [0.2, 0.25) is 0 Å². The maximum atomic E-state index is 13.0. The molecule has 1 N–H and O–H groups in total. The number of nitrogens with one attached hydrogen (secondary N) is 1. The number of rotatable bonds is 4. The number of pyridine rings is 2. The van der Waals surface area contributed by atoms with Crippen LogP contribution in [0, 0.1) is 5.82 Å². The van der Waals surface area contributed by atoms with Crippen LogP contribution < -0.4 is 5.32 Å². The highest BCUT2D eigenvalue weighted by Gasteiger charge is 2.32. The standard InChI is InChI=1S/C19H19FN6O/c1-25-12-13(10-22-25)19(27)26-9-3-5-16(26)15-4-2-6-18(23-15)24-17-8-7-14(20)11-21-17/h2,4,6-8,10-12,16H,3,5,9H2,1H3,(H,21,23,24)/t16-/m0/s1. The molecule has 0 bridgehead atoms. The number of carbonyl (C=O) groups excluding carboxylic acids is 1. The van der Waals surface area contributed by atoms with Crippen molar-refractivity contribution >= 4 is 17.5 Å². The molecule has 7 nitrogen and oxygen atoms in total. The summed E-state index contributed by atoms with van der Waals surface area (Å²) >= 11 is 0. The van der Waals surface area contributed by atoms with Crippen molar-refractivity contribution in [2.45, 2.75) is 18.9 Å². The summed E-state index contributed by atoms with van der Waals surface area (Å²) < 4.78 is 14.6. The lowest BCUT2D eigenvalue weighted by atomic mass is 10.1. The monoisotopic (exact) mass is 366 g/mol. The van der Waals surface area contributed by atoms with Gasteiger partial charge < -0.3 is 10.2 Å². The molecule has 0 saturated carbocycles. The van der Waals surface area contributed by atoms with E-state index in [0.717, 1.165) is 24.7 Å². The average Bonchev–Trinajstić information content (AvgIpc) is 3.32. The Balaban J connectivity index is 1.55. The molecule has 0 unspecified atom stereocenters. The van der Waals surface area contributed by atoms with Crippen molar-refractivity contribution in [3.05, 3.63) is 66.0 Å².